The molecule has 0 amide bonds. The van der Waals surface area contributed by atoms with Crippen LogP contribution < -0.4 is 0 Å². The second kappa shape index (κ2) is 5.46. The Hall–Kier alpha value is -0.180. The van der Waals surface area contributed by atoms with Gasteiger partial charge in [-0.3, -0.25) is 4.79 Å². The summed E-state index contributed by atoms with van der Waals surface area (Å²) in [6.07, 6.45) is 6.21. The largest absolute Gasteiger partial charge is 0.481 e. The summed E-state index contributed by atoms with van der Waals surface area (Å²) in [6.45, 7) is 0. The summed E-state index contributed by atoms with van der Waals surface area (Å²) in [6, 6.07) is 0. The minimum atomic E-state index is -0.658. The van der Waals surface area contributed by atoms with Crippen LogP contribution in [-0.2, 0) is 4.79 Å². The Kier molecular flexibility index (Phi) is 4.51. The molecule has 1 saturated heterocycles. The van der Waals surface area contributed by atoms with Crippen LogP contribution in [-0.4, -0.2) is 22.1 Å². The van der Waals surface area contributed by atoms with Gasteiger partial charge in [-0.2, -0.15) is 11.8 Å². The quantitative estimate of drug-likeness (QED) is 0.674. The summed E-state index contributed by atoms with van der Waals surface area (Å²) < 4.78 is 0. The molecule has 1 N–H and O–H groups in total. The lowest BCUT2D eigenvalue weighted by Gasteiger charge is -2.05. The minimum Gasteiger partial charge on any atom is -0.481 e. The molecular weight excluding hydrogens is 172 g/mol. The van der Waals surface area contributed by atoms with Crippen molar-refractivity contribution in [2.75, 3.05) is 5.75 Å². The molecule has 0 bridgehead atoms. The van der Waals surface area contributed by atoms with Crippen molar-refractivity contribution in [1.82, 2.24) is 0 Å². The fourth-order valence-electron chi connectivity index (χ4n) is 1.52. The van der Waals surface area contributed by atoms with E-state index in [1.807, 2.05) is 0 Å². The predicted octanol–water partition coefficient (Wildman–Crippen LogP) is 2.53. The van der Waals surface area contributed by atoms with Crippen LogP contribution in [0.25, 0.3) is 0 Å². The van der Waals surface area contributed by atoms with E-state index in [0.29, 0.717) is 6.42 Å². The number of carboxylic acids is 1. The van der Waals surface area contributed by atoms with E-state index in [2.05, 4.69) is 11.8 Å². The Labute approximate surface area is 77.7 Å². The average Bonchev–Trinajstić information content (AvgIpc) is 2.49. The summed E-state index contributed by atoms with van der Waals surface area (Å²) in [5.41, 5.74) is 0. The highest BCUT2D eigenvalue weighted by Gasteiger charge is 2.14. The molecule has 0 aliphatic carbocycles. The Morgan fingerprint density at radius 1 is 1.50 bits per heavy atom. The number of aliphatic carboxylic acids is 1. The van der Waals surface area contributed by atoms with Gasteiger partial charge in [-0.05, 0) is 31.4 Å². The van der Waals surface area contributed by atoms with Gasteiger partial charge < -0.3 is 5.11 Å². The standard InChI is InChI=1S/C9H16O2S/c10-9(11)6-2-1-4-8-5-3-7-12-8/h8H,1-7H2,(H,10,11)/t8-/m1/s1. The molecule has 1 rings (SSSR count). The first-order valence-electron chi connectivity index (χ1n) is 4.62. The second-order valence-corrected chi connectivity index (χ2v) is 4.68. The average molecular weight is 188 g/mol. The minimum absolute atomic E-state index is 0.345. The highest BCUT2D eigenvalue weighted by atomic mass is 32.2. The molecule has 0 spiro atoms. The summed E-state index contributed by atoms with van der Waals surface area (Å²) in [7, 11) is 0. The molecule has 0 aromatic rings. The van der Waals surface area contributed by atoms with Crippen LogP contribution in [0.5, 0.6) is 0 Å². The monoisotopic (exact) mass is 188 g/mol. The van der Waals surface area contributed by atoms with Gasteiger partial charge in [-0.15, -0.1) is 0 Å². The van der Waals surface area contributed by atoms with Crippen molar-refractivity contribution in [2.24, 2.45) is 0 Å². The second-order valence-electron chi connectivity index (χ2n) is 3.27. The number of carbonyl (C=O) groups is 1. The number of unbranched alkanes of at least 4 members (excludes halogenated alkanes) is 1. The van der Waals surface area contributed by atoms with Gasteiger partial charge in [-0.25, -0.2) is 0 Å². The first kappa shape index (κ1) is 9.90. The molecule has 70 valence electrons. The van der Waals surface area contributed by atoms with Crippen molar-refractivity contribution in [2.45, 2.75) is 43.8 Å². The molecule has 3 heteroatoms. The zero-order chi connectivity index (χ0) is 8.81. The molecule has 1 atom stereocenters. The molecule has 0 aromatic heterocycles. The predicted molar refractivity (Wildman–Crippen MR) is 51.6 cm³/mol. The van der Waals surface area contributed by atoms with Crippen molar-refractivity contribution in [3.05, 3.63) is 0 Å². The summed E-state index contributed by atoms with van der Waals surface area (Å²) in [5, 5.41) is 9.23. The maximum atomic E-state index is 10.2. The number of hydrogen-bond donors (Lipinski definition) is 1. The Balaban J connectivity index is 1.91. The lowest BCUT2D eigenvalue weighted by atomic mass is 10.1. The van der Waals surface area contributed by atoms with E-state index in [1.165, 1.54) is 25.0 Å². The molecule has 12 heavy (non-hydrogen) atoms. The van der Waals surface area contributed by atoms with Crippen molar-refractivity contribution >= 4 is 17.7 Å². The number of thioether (sulfide) groups is 1. The Bertz CT molecular complexity index is 141. The third kappa shape index (κ3) is 4.00. The smallest absolute Gasteiger partial charge is 0.303 e. The molecule has 0 unspecified atom stereocenters. The van der Waals surface area contributed by atoms with Crippen molar-refractivity contribution in [1.29, 1.82) is 0 Å². The van der Waals surface area contributed by atoms with E-state index in [9.17, 15) is 4.79 Å². The normalized spacial score (nSPS) is 22.8. The van der Waals surface area contributed by atoms with Crippen molar-refractivity contribution in [3.8, 4) is 0 Å². The van der Waals surface area contributed by atoms with Gasteiger partial charge in [0.05, 0.1) is 0 Å². The van der Waals surface area contributed by atoms with Gasteiger partial charge in [0.25, 0.3) is 0 Å². The third-order valence-electron chi connectivity index (χ3n) is 2.19. The van der Waals surface area contributed by atoms with Crippen LogP contribution in [0.2, 0.25) is 0 Å². The number of hydrogen-bond acceptors (Lipinski definition) is 2. The third-order valence-corrected chi connectivity index (χ3v) is 3.66. The molecule has 0 aromatic carbocycles. The molecule has 2 nitrogen and oxygen atoms in total. The zero-order valence-corrected chi connectivity index (χ0v) is 8.11. The van der Waals surface area contributed by atoms with Gasteiger partial charge in [-0.1, -0.05) is 6.42 Å². The fourth-order valence-corrected chi connectivity index (χ4v) is 2.85. The summed E-state index contributed by atoms with van der Waals surface area (Å²) >= 11 is 2.05. The highest BCUT2D eigenvalue weighted by molar-refractivity contribution is 8.00. The van der Waals surface area contributed by atoms with E-state index < -0.39 is 5.97 Å². The lowest BCUT2D eigenvalue weighted by Crippen LogP contribution is -1.98. The SMILES string of the molecule is O=C(O)CCCC[C@@H]1CCCS1. The van der Waals surface area contributed by atoms with Crippen LogP contribution in [0.15, 0.2) is 0 Å². The van der Waals surface area contributed by atoms with Crippen LogP contribution >= 0.6 is 11.8 Å². The molecule has 1 heterocycles. The molecule has 1 aliphatic heterocycles. The van der Waals surface area contributed by atoms with Gasteiger partial charge >= 0.3 is 5.97 Å². The van der Waals surface area contributed by atoms with E-state index >= 15 is 0 Å². The van der Waals surface area contributed by atoms with E-state index in [-0.39, 0.29) is 0 Å². The topological polar surface area (TPSA) is 37.3 Å². The maximum absolute atomic E-state index is 10.2. The molecule has 0 saturated carbocycles. The summed E-state index contributed by atoms with van der Waals surface area (Å²) in [5.74, 6) is 0.651. The van der Waals surface area contributed by atoms with Gasteiger partial charge in [0.1, 0.15) is 0 Å². The highest BCUT2D eigenvalue weighted by Crippen LogP contribution is 2.29. The van der Waals surface area contributed by atoms with E-state index in [0.717, 1.165) is 18.1 Å². The zero-order valence-electron chi connectivity index (χ0n) is 7.29. The van der Waals surface area contributed by atoms with Crippen molar-refractivity contribution in [3.63, 3.8) is 0 Å². The van der Waals surface area contributed by atoms with E-state index in [4.69, 9.17) is 5.11 Å². The number of carboxylic acid groups (broad SMARTS) is 1. The first-order valence-corrected chi connectivity index (χ1v) is 5.67. The Morgan fingerprint density at radius 2 is 2.33 bits per heavy atom. The molecular formula is C9H16O2S. The molecule has 1 aliphatic rings. The first-order chi connectivity index (χ1) is 5.79. The summed E-state index contributed by atoms with van der Waals surface area (Å²) in [4.78, 5) is 10.2. The van der Waals surface area contributed by atoms with Gasteiger partial charge in [0.2, 0.25) is 0 Å². The van der Waals surface area contributed by atoms with E-state index in [1.54, 1.807) is 0 Å². The fraction of sp³-hybridized carbons (Fsp3) is 0.889. The van der Waals surface area contributed by atoms with Crippen molar-refractivity contribution < 1.29 is 9.90 Å². The van der Waals surface area contributed by atoms with Crippen LogP contribution in [0.4, 0.5) is 0 Å². The van der Waals surface area contributed by atoms with Crippen LogP contribution in [0, 0.1) is 0 Å². The number of rotatable bonds is 5. The van der Waals surface area contributed by atoms with Gasteiger partial charge in [0, 0.05) is 11.7 Å². The lowest BCUT2D eigenvalue weighted by molar-refractivity contribution is -0.137. The van der Waals surface area contributed by atoms with Gasteiger partial charge in [0.15, 0.2) is 0 Å². The maximum Gasteiger partial charge on any atom is 0.303 e. The van der Waals surface area contributed by atoms with Crippen LogP contribution in [0.1, 0.15) is 38.5 Å². The Morgan fingerprint density at radius 3 is 2.92 bits per heavy atom. The van der Waals surface area contributed by atoms with Crippen LogP contribution in [0.3, 0.4) is 0 Å². The molecule has 1 fully saturated rings. The molecule has 0 radical (unpaired) electrons.